The van der Waals surface area contributed by atoms with Crippen LogP contribution < -0.4 is 0 Å². The van der Waals surface area contributed by atoms with Crippen molar-refractivity contribution in [3.05, 3.63) is 28.8 Å². The van der Waals surface area contributed by atoms with Crippen molar-refractivity contribution >= 4 is 5.84 Å². The lowest BCUT2D eigenvalue weighted by atomic mass is 9.78. The van der Waals surface area contributed by atoms with Crippen molar-refractivity contribution in [1.82, 2.24) is 5.06 Å². The van der Waals surface area contributed by atoms with E-state index in [9.17, 15) is 10.3 Å². The highest BCUT2D eigenvalue weighted by Gasteiger charge is 2.49. The summed E-state index contributed by atoms with van der Waals surface area (Å²) >= 11 is 0. The van der Waals surface area contributed by atoms with Crippen LogP contribution >= 0.6 is 0 Å². The van der Waals surface area contributed by atoms with E-state index in [2.05, 4.69) is 41.5 Å². The van der Waals surface area contributed by atoms with Gasteiger partial charge in [-0.3, -0.25) is 10.2 Å². The maximum Gasteiger partial charge on any atom is 0.156 e. The Morgan fingerprint density at radius 2 is 1.28 bits per heavy atom. The molecule has 0 saturated carbocycles. The van der Waals surface area contributed by atoms with Gasteiger partial charge in [0.15, 0.2) is 5.84 Å². The largest absolute Gasteiger partial charge is 0.507 e. The summed E-state index contributed by atoms with van der Waals surface area (Å²) in [5, 5.41) is 23.0. The molecule has 1 aliphatic heterocycles. The third-order valence-corrected chi connectivity index (χ3v) is 5.60. The molecule has 25 heavy (non-hydrogen) atoms. The summed E-state index contributed by atoms with van der Waals surface area (Å²) in [4.78, 5) is 4.81. The molecule has 0 fully saturated rings. The lowest BCUT2D eigenvalue weighted by molar-refractivity contribution is -0.0992. The van der Waals surface area contributed by atoms with Gasteiger partial charge in [0.1, 0.15) is 5.75 Å². The standard InChI is InChI=1S/C21H34N2O2/c1-18(2,3)14-11-13(12-15(16(14)24)19(4,5)6)17-22-20(7,8)21(9,10)23(17)25/h11-12,24-25H,1-10H3. The normalized spacial score (nSPS) is 20.0. The molecule has 0 spiro atoms. The molecule has 1 aromatic rings. The van der Waals surface area contributed by atoms with Crippen LogP contribution in [0.4, 0.5) is 0 Å². The van der Waals surface area contributed by atoms with Crippen LogP contribution in [0.1, 0.15) is 85.9 Å². The van der Waals surface area contributed by atoms with Crippen LogP contribution in [0.25, 0.3) is 0 Å². The first-order valence-corrected chi connectivity index (χ1v) is 8.97. The van der Waals surface area contributed by atoms with E-state index < -0.39 is 11.1 Å². The van der Waals surface area contributed by atoms with Gasteiger partial charge in [0.05, 0.1) is 11.1 Å². The lowest BCUT2D eigenvalue weighted by Crippen LogP contribution is -2.51. The van der Waals surface area contributed by atoms with E-state index >= 15 is 0 Å². The van der Waals surface area contributed by atoms with Gasteiger partial charge in [0, 0.05) is 16.7 Å². The minimum atomic E-state index is -0.510. The van der Waals surface area contributed by atoms with Gasteiger partial charge in [-0.1, -0.05) is 41.5 Å². The smallest absolute Gasteiger partial charge is 0.156 e. The fraction of sp³-hybridized carbons (Fsp3) is 0.667. The van der Waals surface area contributed by atoms with Gasteiger partial charge in [-0.25, -0.2) is 5.06 Å². The Kier molecular flexibility index (Phi) is 4.33. The van der Waals surface area contributed by atoms with E-state index in [4.69, 9.17) is 4.99 Å². The second-order valence-corrected chi connectivity index (χ2v) is 10.3. The van der Waals surface area contributed by atoms with Gasteiger partial charge in [-0.15, -0.1) is 0 Å². The maximum atomic E-state index is 10.9. The number of nitrogens with zero attached hydrogens (tertiary/aromatic N) is 2. The van der Waals surface area contributed by atoms with Crippen molar-refractivity contribution in [3.8, 4) is 5.75 Å². The fourth-order valence-electron chi connectivity index (χ4n) is 3.07. The lowest BCUT2D eigenvalue weighted by Gasteiger charge is -2.37. The van der Waals surface area contributed by atoms with E-state index in [1.165, 1.54) is 5.06 Å². The number of benzene rings is 1. The second-order valence-electron chi connectivity index (χ2n) is 10.3. The summed E-state index contributed by atoms with van der Waals surface area (Å²) < 4.78 is 0. The zero-order chi connectivity index (χ0) is 19.6. The zero-order valence-corrected chi connectivity index (χ0v) is 17.4. The first-order chi connectivity index (χ1) is 11.0. The predicted octanol–water partition coefficient (Wildman–Crippen LogP) is 5.00. The number of hydrogen-bond acceptors (Lipinski definition) is 4. The van der Waals surface area contributed by atoms with Gasteiger partial charge in [0.2, 0.25) is 0 Å². The Morgan fingerprint density at radius 3 is 1.56 bits per heavy atom. The van der Waals surface area contributed by atoms with Gasteiger partial charge < -0.3 is 5.11 Å². The number of amidine groups is 1. The minimum absolute atomic E-state index is 0.218. The van der Waals surface area contributed by atoms with Crippen LogP contribution in [0.2, 0.25) is 0 Å². The van der Waals surface area contributed by atoms with Crippen LogP contribution in [0.15, 0.2) is 17.1 Å². The molecule has 1 heterocycles. The van der Waals surface area contributed by atoms with E-state index in [1.54, 1.807) is 0 Å². The Hall–Kier alpha value is -1.55. The molecule has 0 unspecified atom stereocenters. The average Bonchev–Trinajstić information content (AvgIpc) is 2.56. The first kappa shape index (κ1) is 19.8. The van der Waals surface area contributed by atoms with Gasteiger partial charge in [-0.05, 0) is 50.7 Å². The summed E-state index contributed by atoms with van der Waals surface area (Å²) in [6.07, 6.45) is 0. The molecule has 2 N–H and O–H groups in total. The quantitative estimate of drug-likeness (QED) is 0.752. The number of aliphatic imine (C=N–C) groups is 1. The van der Waals surface area contributed by atoms with Crippen molar-refractivity contribution in [1.29, 1.82) is 0 Å². The molecule has 2 rings (SSSR count). The number of phenols is 1. The van der Waals surface area contributed by atoms with E-state index in [-0.39, 0.29) is 10.8 Å². The topological polar surface area (TPSA) is 56.1 Å². The minimum Gasteiger partial charge on any atom is -0.507 e. The second kappa shape index (κ2) is 5.47. The summed E-state index contributed by atoms with van der Waals surface area (Å²) in [6.45, 7) is 20.5. The summed E-state index contributed by atoms with van der Waals surface area (Å²) in [6, 6.07) is 3.92. The molecule has 1 aliphatic rings. The number of phenolic OH excluding ortho intramolecular Hbond substituents is 1. The summed E-state index contributed by atoms with van der Waals surface area (Å²) in [7, 11) is 0. The maximum absolute atomic E-state index is 10.9. The van der Waals surface area contributed by atoms with E-state index in [0.717, 1.165) is 16.7 Å². The van der Waals surface area contributed by atoms with Crippen LogP contribution in [0, 0.1) is 0 Å². The summed E-state index contributed by atoms with van der Waals surface area (Å²) in [5.41, 5.74) is 1.22. The first-order valence-electron chi connectivity index (χ1n) is 8.97. The molecule has 4 heteroatoms. The molecular formula is C21H34N2O2. The molecule has 0 aromatic heterocycles. The zero-order valence-electron chi connectivity index (χ0n) is 17.4. The Morgan fingerprint density at radius 1 is 0.880 bits per heavy atom. The highest BCUT2D eigenvalue weighted by atomic mass is 16.5. The van der Waals surface area contributed by atoms with Gasteiger partial charge in [-0.2, -0.15) is 0 Å². The van der Waals surface area contributed by atoms with E-state index in [0.29, 0.717) is 11.6 Å². The van der Waals surface area contributed by atoms with Crippen LogP contribution in [0.3, 0.4) is 0 Å². The number of hydroxylamine groups is 2. The van der Waals surface area contributed by atoms with Crippen molar-refractivity contribution in [2.24, 2.45) is 4.99 Å². The molecule has 4 nitrogen and oxygen atoms in total. The van der Waals surface area contributed by atoms with Crippen LogP contribution in [-0.4, -0.2) is 32.3 Å². The van der Waals surface area contributed by atoms with Crippen LogP contribution in [0.5, 0.6) is 5.75 Å². The molecular weight excluding hydrogens is 312 g/mol. The molecule has 0 bridgehead atoms. The number of aromatic hydroxyl groups is 1. The van der Waals surface area contributed by atoms with Crippen LogP contribution in [-0.2, 0) is 10.8 Å². The number of hydrogen-bond donors (Lipinski definition) is 2. The van der Waals surface area contributed by atoms with Crippen molar-refractivity contribution in [2.45, 2.75) is 91.1 Å². The Labute approximate surface area is 152 Å². The molecule has 0 amide bonds. The Bertz CT molecular complexity index is 681. The fourth-order valence-corrected chi connectivity index (χ4v) is 3.07. The van der Waals surface area contributed by atoms with Gasteiger partial charge in [0.25, 0.3) is 0 Å². The SMILES string of the molecule is CC(C)(C)c1cc(C2=NC(C)(C)C(C)(C)N2O)cc(C(C)(C)C)c1O. The summed E-state index contributed by atoms with van der Waals surface area (Å²) in [5.74, 6) is 0.899. The third-order valence-electron chi connectivity index (χ3n) is 5.60. The van der Waals surface area contributed by atoms with E-state index in [1.807, 2.05) is 39.8 Å². The monoisotopic (exact) mass is 346 g/mol. The predicted molar refractivity (Wildman–Crippen MR) is 104 cm³/mol. The molecule has 0 saturated heterocycles. The Balaban J connectivity index is 2.76. The van der Waals surface area contributed by atoms with Crippen molar-refractivity contribution in [2.75, 3.05) is 0 Å². The molecule has 0 radical (unpaired) electrons. The third kappa shape index (κ3) is 3.17. The average molecular weight is 347 g/mol. The number of rotatable bonds is 1. The van der Waals surface area contributed by atoms with Gasteiger partial charge >= 0.3 is 0 Å². The van der Waals surface area contributed by atoms with Crippen molar-refractivity contribution < 1.29 is 10.3 Å². The molecule has 0 atom stereocenters. The molecule has 140 valence electrons. The highest BCUT2D eigenvalue weighted by Crippen LogP contribution is 2.42. The van der Waals surface area contributed by atoms with Crippen molar-refractivity contribution in [3.63, 3.8) is 0 Å². The molecule has 0 aliphatic carbocycles. The highest BCUT2D eigenvalue weighted by molar-refractivity contribution is 6.01. The molecule has 1 aromatic carbocycles.